The van der Waals surface area contributed by atoms with Gasteiger partial charge >= 0.3 is 51.5 Å². The molecule has 0 unspecified atom stereocenters. The number of phosphoric ester groups is 2. The summed E-state index contributed by atoms with van der Waals surface area (Å²) in [6.45, 7) is 21.2. The molecule has 0 saturated carbocycles. The molecule has 0 aliphatic heterocycles. The first-order valence-electron chi connectivity index (χ1n) is 15.8. The number of carbonyl (C=O) groups excluding carboxylic acids is 6. The summed E-state index contributed by atoms with van der Waals surface area (Å²) in [5.41, 5.74) is 0.581. The molecule has 0 fully saturated rings. The SMILES string of the molecule is C=C(C)C(=O)OCCOP(=O)(OCCOC(=O)C(=C)C)OCCOC(=O)C(=C)C.C=CC(=O)OCCOP(=O)(OCCOC(=O)C=C)OCCOC(=O)C=C. The van der Waals surface area contributed by atoms with Crippen molar-refractivity contribution in [1.29, 1.82) is 0 Å². The second kappa shape index (κ2) is 30.8. The molecule has 0 rings (SSSR count). The smallest absolute Gasteiger partial charge is 0.460 e. The van der Waals surface area contributed by atoms with Crippen molar-refractivity contribution in [2.45, 2.75) is 20.8 Å². The van der Waals surface area contributed by atoms with Crippen molar-refractivity contribution in [3.05, 3.63) is 74.4 Å². The van der Waals surface area contributed by atoms with Gasteiger partial charge in [0.2, 0.25) is 0 Å². The van der Waals surface area contributed by atoms with Gasteiger partial charge in [0.15, 0.2) is 0 Å². The van der Waals surface area contributed by atoms with E-state index >= 15 is 0 Å². The number of carbonyl (C=O) groups is 6. The van der Waals surface area contributed by atoms with E-state index in [1.807, 2.05) is 0 Å². The third-order valence-electron chi connectivity index (χ3n) is 4.97. The highest BCUT2D eigenvalue weighted by atomic mass is 31.2. The fourth-order valence-electron chi connectivity index (χ4n) is 2.49. The average Bonchev–Trinajstić information content (AvgIpc) is 3.15. The van der Waals surface area contributed by atoms with Gasteiger partial charge in [-0.25, -0.2) is 37.9 Å². The zero-order chi connectivity index (χ0) is 42.3. The molecular weight excluding hydrogens is 778 g/mol. The topological polar surface area (TPSA) is 247 Å². The van der Waals surface area contributed by atoms with Crippen LogP contribution < -0.4 is 0 Å². The van der Waals surface area contributed by atoms with Gasteiger partial charge in [0.05, 0.1) is 39.6 Å². The van der Waals surface area contributed by atoms with Crippen molar-refractivity contribution in [2.24, 2.45) is 0 Å². The monoisotopic (exact) mass is 826 g/mol. The quantitative estimate of drug-likeness (QED) is 0.0328. The molecule has 22 heteroatoms. The number of phosphoric acid groups is 2. The summed E-state index contributed by atoms with van der Waals surface area (Å²) < 4.78 is 83.5. The van der Waals surface area contributed by atoms with Crippen molar-refractivity contribution in [1.82, 2.24) is 0 Å². The van der Waals surface area contributed by atoms with E-state index in [0.717, 1.165) is 18.2 Å². The second-order valence-corrected chi connectivity index (χ2v) is 13.1. The minimum atomic E-state index is -4.11. The zero-order valence-electron chi connectivity index (χ0n) is 31.0. The predicted molar refractivity (Wildman–Crippen MR) is 192 cm³/mol. The van der Waals surface area contributed by atoms with Crippen LogP contribution in [-0.2, 0) is 93.5 Å². The summed E-state index contributed by atoms with van der Waals surface area (Å²) in [6, 6.07) is 0. The Morgan fingerprint density at radius 3 is 0.727 bits per heavy atom. The Hall–Kier alpha value is -4.52. The van der Waals surface area contributed by atoms with E-state index in [1.54, 1.807) is 0 Å². The standard InChI is InChI=1S/C18H27O10P.C15H21O10P/c1-13(2)16(19)23-7-10-26-29(22,27-11-8-24-17(20)14(3)4)28-12-9-25-18(21)15(5)6;1-4-13(16)20-7-10-23-26(19,24-11-8-21-14(17)5-2)25-12-9-22-15(18)6-3/h1,3,5,7-12H2,2,4,6H3;4-6H,1-3,7-12H2. The van der Waals surface area contributed by atoms with E-state index in [0.29, 0.717) is 0 Å². The molecule has 20 nitrogen and oxygen atoms in total. The van der Waals surface area contributed by atoms with Gasteiger partial charge in [0.1, 0.15) is 39.6 Å². The highest BCUT2D eigenvalue weighted by molar-refractivity contribution is 7.48. The molecule has 0 aliphatic rings. The first kappa shape index (κ1) is 52.6. The molecular formula is C33H48O20P2. The molecule has 0 amide bonds. The normalized spacial score (nSPS) is 10.6. The lowest BCUT2D eigenvalue weighted by Gasteiger charge is -2.18. The van der Waals surface area contributed by atoms with E-state index in [-0.39, 0.29) is 96.0 Å². The van der Waals surface area contributed by atoms with Gasteiger partial charge in [0, 0.05) is 34.9 Å². The van der Waals surface area contributed by atoms with E-state index in [4.69, 9.17) is 41.4 Å². The van der Waals surface area contributed by atoms with E-state index in [2.05, 4.69) is 53.7 Å². The van der Waals surface area contributed by atoms with Crippen LogP contribution in [-0.4, -0.2) is 115 Å². The molecule has 55 heavy (non-hydrogen) atoms. The van der Waals surface area contributed by atoms with Gasteiger partial charge < -0.3 is 28.4 Å². The molecule has 0 N–H and O–H groups in total. The summed E-state index contributed by atoms with van der Waals surface area (Å²) >= 11 is 0. The third kappa shape index (κ3) is 29.5. The Morgan fingerprint density at radius 2 is 0.564 bits per heavy atom. The molecule has 0 spiro atoms. The summed E-state index contributed by atoms with van der Waals surface area (Å²) in [6.07, 6.45) is 2.86. The van der Waals surface area contributed by atoms with Crippen molar-refractivity contribution >= 4 is 51.5 Å². The maximum absolute atomic E-state index is 12.6. The van der Waals surface area contributed by atoms with Crippen molar-refractivity contribution in [3.63, 3.8) is 0 Å². The molecule has 0 radical (unpaired) electrons. The van der Waals surface area contributed by atoms with Crippen LogP contribution in [0.2, 0.25) is 0 Å². The predicted octanol–water partition coefficient (Wildman–Crippen LogP) is 3.83. The van der Waals surface area contributed by atoms with Gasteiger partial charge in [-0.3, -0.25) is 27.1 Å². The summed E-state index contributed by atoms with van der Waals surface area (Å²) in [5.74, 6) is -3.95. The minimum Gasteiger partial charge on any atom is -0.460 e. The Bertz CT molecular complexity index is 1290. The molecule has 0 saturated heterocycles. The highest BCUT2D eigenvalue weighted by Crippen LogP contribution is 2.49. The van der Waals surface area contributed by atoms with Crippen LogP contribution in [0.5, 0.6) is 0 Å². The van der Waals surface area contributed by atoms with Crippen LogP contribution >= 0.6 is 15.6 Å². The minimum absolute atomic E-state index is 0.194. The van der Waals surface area contributed by atoms with Crippen molar-refractivity contribution in [3.8, 4) is 0 Å². The summed E-state index contributed by atoms with van der Waals surface area (Å²) in [7, 11) is -8.19. The molecule has 0 aliphatic carbocycles. The van der Waals surface area contributed by atoms with Crippen molar-refractivity contribution < 1.29 is 93.5 Å². The average molecular weight is 827 g/mol. The van der Waals surface area contributed by atoms with Gasteiger partial charge in [-0.15, -0.1) is 0 Å². The third-order valence-corrected chi connectivity index (χ3v) is 7.97. The number of esters is 6. The van der Waals surface area contributed by atoms with Crippen LogP contribution in [0.4, 0.5) is 0 Å². The number of hydrogen-bond donors (Lipinski definition) is 0. The Kier molecular flexibility index (Phi) is 29.4. The fourth-order valence-corrected chi connectivity index (χ4v) is 4.73. The lowest BCUT2D eigenvalue weighted by atomic mass is 10.4. The zero-order valence-corrected chi connectivity index (χ0v) is 32.8. The van der Waals surface area contributed by atoms with E-state index < -0.39 is 51.5 Å². The summed E-state index contributed by atoms with van der Waals surface area (Å²) in [4.78, 5) is 66.6. The van der Waals surface area contributed by atoms with Crippen LogP contribution in [0.25, 0.3) is 0 Å². The Labute approximate surface area is 319 Å². The molecule has 0 heterocycles. The lowest BCUT2D eigenvalue weighted by molar-refractivity contribution is -0.141. The van der Waals surface area contributed by atoms with Gasteiger partial charge in [-0.2, -0.15) is 0 Å². The molecule has 0 aromatic rings. The first-order chi connectivity index (χ1) is 25.8. The van der Waals surface area contributed by atoms with E-state index in [1.165, 1.54) is 20.8 Å². The molecule has 0 aromatic carbocycles. The molecule has 0 atom stereocenters. The summed E-state index contributed by atoms with van der Waals surface area (Å²) in [5, 5.41) is 0. The molecule has 310 valence electrons. The van der Waals surface area contributed by atoms with Gasteiger partial charge in [-0.1, -0.05) is 39.5 Å². The van der Waals surface area contributed by atoms with Crippen LogP contribution in [0, 0.1) is 0 Å². The Balaban J connectivity index is 0. The Morgan fingerprint density at radius 1 is 0.382 bits per heavy atom. The maximum atomic E-state index is 12.6. The highest BCUT2D eigenvalue weighted by Gasteiger charge is 2.28. The fraction of sp³-hybridized carbons (Fsp3) is 0.455. The number of hydrogen-bond acceptors (Lipinski definition) is 20. The molecule has 0 bridgehead atoms. The van der Waals surface area contributed by atoms with E-state index in [9.17, 15) is 37.9 Å². The van der Waals surface area contributed by atoms with Crippen molar-refractivity contribution in [2.75, 3.05) is 79.3 Å². The first-order valence-corrected chi connectivity index (χ1v) is 18.7. The number of ether oxygens (including phenoxy) is 6. The van der Waals surface area contributed by atoms with Crippen LogP contribution in [0.15, 0.2) is 74.4 Å². The van der Waals surface area contributed by atoms with Gasteiger partial charge in [-0.05, 0) is 20.8 Å². The van der Waals surface area contributed by atoms with Crippen LogP contribution in [0.3, 0.4) is 0 Å². The second-order valence-electron chi connectivity index (χ2n) is 9.76. The molecule has 0 aromatic heterocycles. The largest absolute Gasteiger partial charge is 0.475 e. The van der Waals surface area contributed by atoms with Crippen LogP contribution in [0.1, 0.15) is 20.8 Å². The van der Waals surface area contributed by atoms with Gasteiger partial charge in [0.25, 0.3) is 0 Å². The maximum Gasteiger partial charge on any atom is 0.475 e. The number of rotatable bonds is 30. The lowest BCUT2D eigenvalue weighted by Crippen LogP contribution is -2.15.